The first-order chi connectivity index (χ1) is 11.7. The number of likely N-dealkylation sites (tertiary alicyclic amines) is 1. The number of halogens is 2. The molecule has 0 radical (unpaired) electrons. The first-order valence-electron chi connectivity index (χ1n) is 8.80. The standard InChI is InChI=1S/C19H25FN4.HI/c1-22-18(23-13-16-11-15(12-21)5-6-17(16)20)24-10-9-19(14-24)7-3-2-4-8-19;/h5-6,11H,2-4,7-10,13-14H2,1H3,(H,22,23);1H. The van der Waals surface area contributed by atoms with Gasteiger partial charge in [0.1, 0.15) is 5.82 Å². The SMILES string of the molecule is CN=C(NCc1cc(C#N)ccc1F)N1CCC2(CCCCC2)C1.I. The van der Waals surface area contributed by atoms with Crippen LogP contribution in [-0.4, -0.2) is 31.0 Å². The zero-order chi connectivity index (χ0) is 17.0. The summed E-state index contributed by atoms with van der Waals surface area (Å²) >= 11 is 0. The van der Waals surface area contributed by atoms with E-state index in [9.17, 15) is 4.39 Å². The van der Waals surface area contributed by atoms with Crippen LogP contribution in [0.25, 0.3) is 0 Å². The van der Waals surface area contributed by atoms with Gasteiger partial charge in [-0.25, -0.2) is 4.39 Å². The minimum absolute atomic E-state index is 0. The third-order valence-corrected chi connectivity index (χ3v) is 5.48. The summed E-state index contributed by atoms with van der Waals surface area (Å²) in [6, 6.07) is 6.51. The maximum atomic E-state index is 13.9. The molecular formula is C19H26FIN4. The largest absolute Gasteiger partial charge is 0.352 e. The van der Waals surface area contributed by atoms with E-state index >= 15 is 0 Å². The molecule has 1 spiro atoms. The molecule has 2 aliphatic rings. The van der Waals surface area contributed by atoms with Crippen LogP contribution < -0.4 is 5.32 Å². The third-order valence-electron chi connectivity index (χ3n) is 5.48. The van der Waals surface area contributed by atoms with Gasteiger partial charge in [0.05, 0.1) is 11.6 Å². The third kappa shape index (κ3) is 4.63. The van der Waals surface area contributed by atoms with E-state index in [1.807, 2.05) is 0 Å². The van der Waals surface area contributed by atoms with E-state index in [4.69, 9.17) is 5.26 Å². The highest BCUT2D eigenvalue weighted by Crippen LogP contribution is 2.43. The molecule has 1 N–H and O–H groups in total. The molecule has 1 aliphatic carbocycles. The number of nitrogens with zero attached hydrogens (tertiary/aromatic N) is 3. The fourth-order valence-electron chi connectivity index (χ4n) is 4.11. The number of nitriles is 1. The highest BCUT2D eigenvalue weighted by atomic mass is 127. The predicted molar refractivity (Wildman–Crippen MR) is 108 cm³/mol. The average molecular weight is 456 g/mol. The van der Waals surface area contributed by atoms with Crippen molar-refractivity contribution in [2.75, 3.05) is 20.1 Å². The van der Waals surface area contributed by atoms with E-state index in [0.717, 1.165) is 19.0 Å². The number of hydrogen-bond donors (Lipinski definition) is 1. The molecule has 2 fully saturated rings. The van der Waals surface area contributed by atoms with Crippen molar-refractivity contribution in [1.82, 2.24) is 10.2 Å². The molecule has 1 aromatic carbocycles. The summed E-state index contributed by atoms with van der Waals surface area (Å²) in [5.41, 5.74) is 1.44. The van der Waals surface area contributed by atoms with E-state index in [0.29, 0.717) is 23.1 Å². The summed E-state index contributed by atoms with van der Waals surface area (Å²) in [6.07, 6.45) is 7.91. The van der Waals surface area contributed by atoms with Gasteiger partial charge in [0.15, 0.2) is 5.96 Å². The number of benzene rings is 1. The quantitative estimate of drug-likeness (QED) is 0.415. The highest BCUT2D eigenvalue weighted by molar-refractivity contribution is 14.0. The Morgan fingerprint density at radius 2 is 2.08 bits per heavy atom. The smallest absolute Gasteiger partial charge is 0.193 e. The second kappa shape index (κ2) is 8.84. The molecule has 1 saturated heterocycles. The van der Waals surface area contributed by atoms with Gasteiger partial charge in [0.2, 0.25) is 0 Å². The average Bonchev–Trinajstić information content (AvgIpc) is 3.01. The van der Waals surface area contributed by atoms with Crippen molar-refractivity contribution in [3.05, 3.63) is 35.1 Å². The summed E-state index contributed by atoms with van der Waals surface area (Å²) in [4.78, 5) is 6.68. The molecule has 136 valence electrons. The second-order valence-electron chi connectivity index (χ2n) is 7.05. The minimum atomic E-state index is -0.290. The molecule has 0 amide bonds. The topological polar surface area (TPSA) is 51.4 Å². The molecule has 1 saturated carbocycles. The fraction of sp³-hybridized carbons (Fsp3) is 0.579. The molecule has 0 unspecified atom stereocenters. The van der Waals surface area contributed by atoms with Gasteiger partial charge in [-0.2, -0.15) is 5.26 Å². The van der Waals surface area contributed by atoms with Crippen molar-refractivity contribution < 1.29 is 4.39 Å². The first kappa shape index (κ1) is 20.0. The van der Waals surface area contributed by atoms with Gasteiger partial charge in [0, 0.05) is 32.2 Å². The Hall–Kier alpha value is -1.36. The van der Waals surface area contributed by atoms with Crippen LogP contribution in [0.3, 0.4) is 0 Å². The monoisotopic (exact) mass is 456 g/mol. The maximum Gasteiger partial charge on any atom is 0.193 e. The molecule has 6 heteroatoms. The van der Waals surface area contributed by atoms with Crippen molar-refractivity contribution in [2.45, 2.75) is 45.1 Å². The van der Waals surface area contributed by atoms with Crippen molar-refractivity contribution in [1.29, 1.82) is 5.26 Å². The second-order valence-corrected chi connectivity index (χ2v) is 7.05. The van der Waals surface area contributed by atoms with Gasteiger partial charge in [0.25, 0.3) is 0 Å². The molecule has 0 atom stereocenters. The van der Waals surface area contributed by atoms with E-state index < -0.39 is 0 Å². The van der Waals surface area contributed by atoms with Gasteiger partial charge in [-0.1, -0.05) is 19.3 Å². The fourth-order valence-corrected chi connectivity index (χ4v) is 4.11. The predicted octanol–water partition coefficient (Wildman–Crippen LogP) is 4.05. The van der Waals surface area contributed by atoms with Gasteiger partial charge in [-0.3, -0.25) is 4.99 Å². The van der Waals surface area contributed by atoms with Crippen molar-refractivity contribution in [3.63, 3.8) is 0 Å². The summed E-state index contributed by atoms with van der Waals surface area (Å²) in [6.45, 7) is 2.41. The molecule has 0 aromatic heterocycles. The molecular weight excluding hydrogens is 430 g/mol. The Labute approximate surface area is 166 Å². The number of rotatable bonds is 2. The van der Waals surface area contributed by atoms with Crippen molar-refractivity contribution in [3.8, 4) is 6.07 Å². The minimum Gasteiger partial charge on any atom is -0.352 e. The summed E-state index contributed by atoms with van der Waals surface area (Å²) in [5, 5.41) is 12.2. The summed E-state index contributed by atoms with van der Waals surface area (Å²) in [7, 11) is 1.77. The molecule has 1 aliphatic heterocycles. The zero-order valence-corrected chi connectivity index (χ0v) is 17.1. The van der Waals surface area contributed by atoms with E-state index in [1.54, 1.807) is 13.1 Å². The normalized spacial score (nSPS) is 19.4. The van der Waals surface area contributed by atoms with Crippen LogP contribution in [-0.2, 0) is 6.54 Å². The molecule has 4 nitrogen and oxygen atoms in total. The molecule has 3 rings (SSSR count). The van der Waals surface area contributed by atoms with Crippen molar-refractivity contribution >= 4 is 29.9 Å². The van der Waals surface area contributed by atoms with Crippen LogP contribution in [0.2, 0.25) is 0 Å². The van der Waals surface area contributed by atoms with E-state index in [-0.39, 0.29) is 29.8 Å². The van der Waals surface area contributed by atoms with Gasteiger partial charge >= 0.3 is 0 Å². The Morgan fingerprint density at radius 1 is 1.32 bits per heavy atom. The molecule has 1 heterocycles. The Balaban J connectivity index is 0.00000225. The lowest BCUT2D eigenvalue weighted by molar-refractivity contribution is 0.203. The van der Waals surface area contributed by atoms with Crippen LogP contribution in [0.1, 0.15) is 49.7 Å². The molecule has 1 aromatic rings. The number of guanidine groups is 1. The summed E-state index contributed by atoms with van der Waals surface area (Å²) in [5.74, 6) is 0.543. The van der Waals surface area contributed by atoms with Crippen LogP contribution in [0.15, 0.2) is 23.2 Å². The lowest BCUT2D eigenvalue weighted by Crippen LogP contribution is -2.41. The number of hydrogen-bond acceptors (Lipinski definition) is 2. The zero-order valence-electron chi connectivity index (χ0n) is 14.7. The Kier molecular flexibility index (Phi) is 7.05. The maximum absolute atomic E-state index is 13.9. The number of aliphatic imine (C=N–C) groups is 1. The molecule has 25 heavy (non-hydrogen) atoms. The summed E-state index contributed by atoms with van der Waals surface area (Å²) < 4.78 is 13.9. The van der Waals surface area contributed by atoms with Gasteiger partial charge in [-0.15, -0.1) is 24.0 Å². The highest BCUT2D eigenvalue weighted by Gasteiger charge is 2.39. The Bertz CT molecular complexity index is 662. The van der Waals surface area contributed by atoms with Gasteiger partial charge in [-0.05, 0) is 42.9 Å². The van der Waals surface area contributed by atoms with Crippen molar-refractivity contribution in [2.24, 2.45) is 10.4 Å². The van der Waals surface area contributed by atoms with Gasteiger partial charge < -0.3 is 10.2 Å². The van der Waals surface area contributed by atoms with Crippen LogP contribution in [0, 0.1) is 22.6 Å². The van der Waals surface area contributed by atoms with E-state index in [1.165, 1.54) is 50.7 Å². The lowest BCUT2D eigenvalue weighted by Gasteiger charge is -2.33. The Morgan fingerprint density at radius 3 is 2.76 bits per heavy atom. The lowest BCUT2D eigenvalue weighted by atomic mass is 9.73. The first-order valence-corrected chi connectivity index (χ1v) is 8.80. The van der Waals surface area contributed by atoms with Crippen LogP contribution in [0.4, 0.5) is 4.39 Å². The van der Waals surface area contributed by atoms with Crippen LogP contribution >= 0.6 is 24.0 Å². The molecule has 0 bridgehead atoms. The number of nitrogens with one attached hydrogen (secondary N) is 1. The van der Waals surface area contributed by atoms with Crippen LogP contribution in [0.5, 0.6) is 0 Å². The van der Waals surface area contributed by atoms with E-state index in [2.05, 4.69) is 21.3 Å².